The highest BCUT2D eigenvalue weighted by Crippen LogP contribution is 2.18. The lowest BCUT2D eigenvalue weighted by molar-refractivity contribution is -0.955. The summed E-state index contributed by atoms with van der Waals surface area (Å²) >= 11 is 0. The van der Waals surface area contributed by atoms with Gasteiger partial charge in [0.05, 0.1) is 61.0 Å². The third-order valence-corrected chi connectivity index (χ3v) is 10.0. The van der Waals surface area contributed by atoms with Crippen molar-refractivity contribution in [2.24, 2.45) is 0 Å². The fraction of sp³-hybridized carbons (Fsp3) is 1.00. The number of hydrogen-bond donors (Lipinski definition) is 0. The van der Waals surface area contributed by atoms with E-state index in [4.69, 9.17) is 13.3 Å². The van der Waals surface area contributed by atoms with Crippen LogP contribution in [0, 0.1) is 0 Å². The first-order valence-electron chi connectivity index (χ1n) is 10.2. The van der Waals surface area contributed by atoms with Gasteiger partial charge in [0, 0.05) is 58.1 Å². The van der Waals surface area contributed by atoms with E-state index in [1.165, 1.54) is 0 Å². The molecule has 0 aliphatic heterocycles. The molecule has 0 aromatic carbocycles. The summed E-state index contributed by atoms with van der Waals surface area (Å²) in [5, 5.41) is 0. The maximum absolute atomic E-state index is 11.0. The Morgan fingerprint density at radius 1 is 0.677 bits per heavy atom. The van der Waals surface area contributed by atoms with Gasteiger partial charge < -0.3 is 31.3 Å². The van der Waals surface area contributed by atoms with Gasteiger partial charge in [0.25, 0.3) is 0 Å². The van der Waals surface area contributed by atoms with Crippen molar-refractivity contribution < 1.29 is 48.2 Å². The summed E-state index contributed by atoms with van der Waals surface area (Å²) in [6.07, 6.45) is 1.26. The van der Waals surface area contributed by atoms with E-state index >= 15 is 0 Å². The van der Waals surface area contributed by atoms with Crippen LogP contribution in [0.15, 0.2) is 0 Å². The smallest absolute Gasteiger partial charge is 0.500 e. The molecule has 0 aromatic heterocycles. The van der Waals surface area contributed by atoms with E-state index < -0.39 is 34.8 Å². The van der Waals surface area contributed by atoms with Crippen LogP contribution in [0.1, 0.15) is 19.3 Å². The van der Waals surface area contributed by atoms with E-state index in [9.17, 15) is 25.9 Å². The van der Waals surface area contributed by atoms with Gasteiger partial charge in [0.1, 0.15) is 13.1 Å². The molecule has 1 unspecified atom stereocenters. The number of likely N-dealkylation sites (N-methyl/N-ethyl adjacent to an activating group) is 2. The van der Waals surface area contributed by atoms with Crippen LogP contribution in [0.25, 0.3) is 0 Å². The Morgan fingerprint density at radius 3 is 1.52 bits per heavy atom. The van der Waals surface area contributed by atoms with Crippen LogP contribution in [0.2, 0.25) is 6.04 Å². The van der Waals surface area contributed by atoms with Gasteiger partial charge in [-0.15, -0.1) is 0 Å². The highest BCUT2D eigenvalue weighted by molar-refractivity contribution is 7.85. The van der Waals surface area contributed by atoms with Gasteiger partial charge in [0.15, 0.2) is 0 Å². The summed E-state index contributed by atoms with van der Waals surface area (Å²) in [6, 6.07) is 0.601. The van der Waals surface area contributed by atoms with Crippen molar-refractivity contribution in [3.05, 3.63) is 0 Å². The lowest BCUT2D eigenvalue weighted by Gasteiger charge is -2.39. The van der Waals surface area contributed by atoms with E-state index in [1.807, 2.05) is 21.1 Å². The Hall–Kier alpha value is -0.163. The van der Waals surface area contributed by atoms with Crippen LogP contribution in [0.3, 0.4) is 0 Å². The molecule has 0 aliphatic carbocycles. The molecule has 0 spiro atoms. The van der Waals surface area contributed by atoms with Gasteiger partial charge >= 0.3 is 8.80 Å². The molecule has 11 nitrogen and oxygen atoms in total. The van der Waals surface area contributed by atoms with Crippen molar-refractivity contribution in [1.29, 1.82) is 0 Å². The second-order valence-corrected chi connectivity index (χ2v) is 14.9. The van der Waals surface area contributed by atoms with Gasteiger partial charge in [-0.3, -0.25) is 0 Å². The maximum Gasteiger partial charge on any atom is 0.500 e. The summed E-state index contributed by atoms with van der Waals surface area (Å²) in [5.74, 6) is -0.798. The lowest BCUT2D eigenvalue weighted by atomic mass is 10.2. The fourth-order valence-electron chi connectivity index (χ4n) is 3.49. The molecule has 0 radical (unpaired) electrons. The molecule has 14 heteroatoms. The summed E-state index contributed by atoms with van der Waals surface area (Å²) < 4.78 is 83.0. The van der Waals surface area contributed by atoms with E-state index in [2.05, 4.69) is 0 Å². The molecular weight excluding hydrogens is 468 g/mol. The van der Waals surface area contributed by atoms with E-state index in [0.29, 0.717) is 47.7 Å². The van der Waals surface area contributed by atoms with E-state index in [-0.39, 0.29) is 18.6 Å². The Kier molecular flexibility index (Phi) is 12.8. The molecule has 31 heavy (non-hydrogen) atoms. The zero-order valence-electron chi connectivity index (χ0n) is 19.7. The Bertz CT molecular complexity index is 720. The molecule has 1 atom stereocenters. The van der Waals surface area contributed by atoms with Crippen LogP contribution in [0.5, 0.6) is 0 Å². The number of quaternary nitrogens is 2. The third kappa shape index (κ3) is 14.6. The molecule has 0 N–H and O–H groups in total. The van der Waals surface area contributed by atoms with Crippen molar-refractivity contribution in [2.75, 3.05) is 86.7 Å². The molecule has 0 saturated heterocycles. The predicted molar refractivity (Wildman–Crippen MR) is 117 cm³/mol. The molecule has 0 aliphatic rings. The summed E-state index contributed by atoms with van der Waals surface area (Å²) in [4.78, 5) is 0. The molecule has 0 bridgehead atoms. The zero-order valence-corrected chi connectivity index (χ0v) is 22.3. The van der Waals surface area contributed by atoms with Gasteiger partial charge in [-0.1, -0.05) is 0 Å². The van der Waals surface area contributed by atoms with E-state index in [1.54, 1.807) is 21.3 Å². The van der Waals surface area contributed by atoms with Gasteiger partial charge in [0.2, 0.25) is 0 Å². The molecule has 0 heterocycles. The van der Waals surface area contributed by atoms with Gasteiger partial charge in [-0.2, -0.15) is 0 Å². The van der Waals surface area contributed by atoms with Crippen molar-refractivity contribution >= 4 is 29.0 Å². The number of nitrogens with zero attached hydrogens (tertiary/aromatic N) is 2. The minimum absolute atomic E-state index is 0.256. The Labute approximate surface area is 189 Å². The van der Waals surface area contributed by atoms with Gasteiger partial charge in [-0.05, 0) is 0 Å². The maximum atomic E-state index is 11.0. The van der Waals surface area contributed by atoms with Crippen LogP contribution in [0.4, 0.5) is 0 Å². The first-order chi connectivity index (χ1) is 14.0. The summed E-state index contributed by atoms with van der Waals surface area (Å²) in [7, 11) is -0.645. The summed E-state index contributed by atoms with van der Waals surface area (Å²) in [6.45, 7) is 3.14. The second-order valence-electron chi connectivity index (χ2n) is 8.80. The first kappa shape index (κ1) is 30.8. The molecule has 0 rings (SSSR count). The van der Waals surface area contributed by atoms with Crippen LogP contribution in [-0.4, -0.2) is 130 Å². The minimum Gasteiger partial charge on any atom is -0.748 e. The lowest BCUT2D eigenvalue weighted by Crippen LogP contribution is -2.54. The monoisotopic (exact) mass is 508 g/mol. The van der Waals surface area contributed by atoms with Crippen LogP contribution in [-0.2, 0) is 33.5 Å². The molecule has 0 aromatic rings. The average Bonchev–Trinajstić information content (AvgIpc) is 2.62. The van der Waals surface area contributed by atoms with Crippen molar-refractivity contribution in [2.45, 2.75) is 25.3 Å². The fourth-order valence-corrected chi connectivity index (χ4v) is 6.15. The molecule has 0 saturated carbocycles. The van der Waals surface area contributed by atoms with Crippen molar-refractivity contribution in [3.8, 4) is 0 Å². The average molecular weight is 509 g/mol. The third-order valence-electron chi connectivity index (χ3n) is 5.61. The topological polar surface area (TPSA) is 142 Å². The second kappa shape index (κ2) is 12.9. The highest BCUT2D eigenvalue weighted by Gasteiger charge is 2.38. The predicted octanol–water partition coefficient (Wildman–Crippen LogP) is -0.352. The minimum atomic E-state index is -4.28. The standard InChI is InChI=1S/C17H40N2O9S2Si/c1-18(2,10-7-15-29(20,21)22)13-14-19(3,11-8-16-30(23,24)25)12-9-17-31(26-4,27-5)28-6/h7-17H2,1-6H3. The zero-order chi connectivity index (χ0) is 24.4. The number of hydrogen-bond acceptors (Lipinski definition) is 9. The molecule has 188 valence electrons. The molecule has 0 fully saturated rings. The van der Waals surface area contributed by atoms with Crippen molar-refractivity contribution in [3.63, 3.8) is 0 Å². The normalized spacial score (nSPS) is 15.7. The Balaban J connectivity index is 5.04. The van der Waals surface area contributed by atoms with Crippen LogP contribution >= 0.6 is 0 Å². The van der Waals surface area contributed by atoms with E-state index in [0.717, 1.165) is 6.42 Å². The number of rotatable bonds is 18. The SMILES string of the molecule is CO[Si](CCC[N+](C)(CCCS(=O)(=O)[O-])CC[N+](C)(C)CCCS(=O)(=O)[O-])(OC)OC. The molecular formula is C17H40N2O9S2Si. The quantitative estimate of drug-likeness (QED) is 0.138. The van der Waals surface area contributed by atoms with Crippen LogP contribution < -0.4 is 0 Å². The molecule has 0 amide bonds. The highest BCUT2D eigenvalue weighted by atomic mass is 32.2. The van der Waals surface area contributed by atoms with Gasteiger partial charge in [-0.25, -0.2) is 16.8 Å². The Morgan fingerprint density at radius 2 is 1.10 bits per heavy atom. The summed E-state index contributed by atoms with van der Waals surface area (Å²) in [5.41, 5.74) is 0. The van der Waals surface area contributed by atoms with Crippen molar-refractivity contribution in [1.82, 2.24) is 0 Å². The first-order valence-corrected chi connectivity index (χ1v) is 15.3. The largest absolute Gasteiger partial charge is 0.748 e.